The van der Waals surface area contributed by atoms with Gasteiger partial charge in [-0.3, -0.25) is 4.79 Å². The first-order chi connectivity index (χ1) is 17.0. The largest absolute Gasteiger partial charge is 0.493 e. The lowest BCUT2D eigenvalue weighted by atomic mass is 10.1. The average Bonchev–Trinajstić information content (AvgIpc) is 2.91. The summed E-state index contributed by atoms with van der Waals surface area (Å²) < 4.78 is 10.7. The molecule has 0 saturated heterocycles. The van der Waals surface area contributed by atoms with E-state index in [-0.39, 0.29) is 11.5 Å². The third kappa shape index (κ3) is 5.21. The molecule has 0 heterocycles. The van der Waals surface area contributed by atoms with Crippen molar-refractivity contribution in [2.75, 3.05) is 13.7 Å². The van der Waals surface area contributed by atoms with Crippen molar-refractivity contribution in [1.29, 1.82) is 0 Å². The molecule has 0 aromatic heterocycles. The molecule has 0 aliphatic heterocycles. The lowest BCUT2D eigenvalue weighted by molar-refractivity contribution is -0.139. The van der Waals surface area contributed by atoms with Crippen LogP contribution in [0, 0.1) is 0 Å². The van der Waals surface area contributed by atoms with Crippen LogP contribution in [-0.2, 0) is 4.79 Å². The SMILES string of the molecule is COc1cc(C(=O)C=P(c2ccccc2)(c2ccccc2)c2ccccc2)ccc1OCC(=O)O. The van der Waals surface area contributed by atoms with Crippen molar-refractivity contribution in [3.8, 4) is 11.5 Å². The van der Waals surface area contributed by atoms with Crippen molar-refractivity contribution in [2.45, 2.75) is 0 Å². The minimum atomic E-state index is -2.46. The second kappa shape index (κ2) is 10.9. The van der Waals surface area contributed by atoms with E-state index >= 15 is 0 Å². The highest BCUT2D eigenvalue weighted by Gasteiger charge is 2.27. The van der Waals surface area contributed by atoms with Crippen molar-refractivity contribution in [3.63, 3.8) is 0 Å². The Bertz CT molecular complexity index is 1260. The molecule has 35 heavy (non-hydrogen) atoms. The van der Waals surface area contributed by atoms with Crippen LogP contribution in [-0.4, -0.2) is 36.4 Å². The van der Waals surface area contributed by atoms with Gasteiger partial charge in [-0.1, -0.05) is 91.0 Å². The monoisotopic (exact) mass is 484 g/mol. The molecule has 6 heteroatoms. The van der Waals surface area contributed by atoms with Gasteiger partial charge in [0.25, 0.3) is 0 Å². The molecule has 4 aromatic carbocycles. The fraction of sp³-hybridized carbons (Fsp3) is 0.0690. The van der Waals surface area contributed by atoms with Gasteiger partial charge in [-0.25, -0.2) is 4.79 Å². The first kappa shape index (κ1) is 24.1. The normalized spacial score (nSPS) is 10.9. The summed E-state index contributed by atoms with van der Waals surface area (Å²) >= 11 is 0. The predicted octanol–water partition coefficient (Wildman–Crippen LogP) is 4.14. The van der Waals surface area contributed by atoms with E-state index in [0.717, 1.165) is 15.9 Å². The van der Waals surface area contributed by atoms with Crippen LogP contribution in [0.15, 0.2) is 109 Å². The Hall–Kier alpha value is -4.08. The predicted molar refractivity (Wildman–Crippen MR) is 142 cm³/mol. The number of Topliss-reactive ketones (excluding diaryl/α,β-unsaturated/α-hetero) is 1. The summed E-state index contributed by atoms with van der Waals surface area (Å²) in [6.07, 6.45) is 0. The average molecular weight is 484 g/mol. The first-order valence-electron chi connectivity index (χ1n) is 11.0. The number of hydrogen-bond donors (Lipinski definition) is 1. The maximum atomic E-state index is 13.8. The zero-order chi connectivity index (χ0) is 24.7. The number of ether oxygens (including phenoxy) is 2. The van der Waals surface area contributed by atoms with Gasteiger partial charge in [-0.2, -0.15) is 0 Å². The van der Waals surface area contributed by atoms with E-state index in [0.29, 0.717) is 11.3 Å². The Balaban J connectivity index is 1.92. The number of rotatable bonds is 9. The molecule has 0 radical (unpaired) electrons. The number of carboxylic acids is 1. The Morgan fingerprint density at radius 3 is 1.66 bits per heavy atom. The minimum Gasteiger partial charge on any atom is -0.493 e. The summed E-state index contributed by atoms with van der Waals surface area (Å²) in [5, 5.41) is 12.1. The summed E-state index contributed by atoms with van der Waals surface area (Å²) in [6, 6.07) is 35.1. The van der Waals surface area contributed by atoms with Gasteiger partial charge >= 0.3 is 5.97 Å². The maximum absolute atomic E-state index is 13.8. The topological polar surface area (TPSA) is 72.8 Å². The second-order valence-corrected chi connectivity index (χ2v) is 11.0. The summed E-state index contributed by atoms with van der Waals surface area (Å²) in [5.74, 6) is 1.16. The van der Waals surface area contributed by atoms with Crippen LogP contribution in [0.2, 0.25) is 0 Å². The number of carbonyl (C=O) groups excluding carboxylic acids is 1. The summed E-state index contributed by atoms with van der Waals surface area (Å²) in [4.78, 5) is 24.7. The number of carbonyl (C=O) groups is 2. The van der Waals surface area contributed by atoms with Gasteiger partial charge in [0, 0.05) is 5.56 Å². The van der Waals surface area contributed by atoms with Crippen LogP contribution < -0.4 is 25.4 Å². The molecule has 0 bridgehead atoms. The Morgan fingerprint density at radius 1 is 0.743 bits per heavy atom. The maximum Gasteiger partial charge on any atom is 0.341 e. The van der Waals surface area contributed by atoms with Crippen molar-refractivity contribution < 1.29 is 24.2 Å². The van der Waals surface area contributed by atoms with Gasteiger partial charge in [0.1, 0.15) is 0 Å². The first-order valence-corrected chi connectivity index (χ1v) is 12.9. The number of aliphatic carboxylic acids is 1. The summed E-state index contributed by atoms with van der Waals surface area (Å²) in [7, 11) is 1.45. The van der Waals surface area contributed by atoms with Crippen molar-refractivity contribution >= 4 is 40.3 Å². The van der Waals surface area contributed by atoms with Gasteiger partial charge < -0.3 is 14.6 Å². The van der Waals surface area contributed by atoms with Crippen LogP contribution in [0.4, 0.5) is 0 Å². The summed E-state index contributed by atoms with van der Waals surface area (Å²) in [6.45, 7) is -2.96. The lowest BCUT2D eigenvalue weighted by Gasteiger charge is -2.28. The molecule has 176 valence electrons. The van der Waals surface area contributed by atoms with Gasteiger partial charge in [0.15, 0.2) is 23.9 Å². The Labute approximate surface area is 204 Å². The molecule has 5 nitrogen and oxygen atoms in total. The Kier molecular flexibility index (Phi) is 7.49. The molecule has 0 unspecified atom stereocenters. The second-order valence-electron chi connectivity index (χ2n) is 7.77. The van der Waals surface area contributed by atoms with E-state index in [2.05, 4.69) is 36.4 Å². The van der Waals surface area contributed by atoms with Gasteiger partial charge in [-0.05, 0) is 46.8 Å². The molecule has 0 fully saturated rings. The smallest absolute Gasteiger partial charge is 0.341 e. The molecule has 4 rings (SSSR count). The molecule has 0 amide bonds. The fourth-order valence-corrected chi connectivity index (χ4v) is 7.76. The standard InChI is InChI=1S/C29H25O5P/c1-33-28-19-22(17-18-27(28)34-20-29(31)32)26(30)21-35(23-11-5-2-6-12-23,24-13-7-3-8-14-24)25-15-9-4-10-16-25/h2-19,21H,20H2,1H3,(H,31,32). The van der Waals surface area contributed by atoms with Crippen LogP contribution in [0.3, 0.4) is 0 Å². The van der Waals surface area contributed by atoms with E-state index in [1.54, 1.807) is 18.2 Å². The highest BCUT2D eigenvalue weighted by atomic mass is 31.2. The minimum absolute atomic E-state index is 0.155. The van der Waals surface area contributed by atoms with Crippen LogP contribution in [0.25, 0.3) is 0 Å². The van der Waals surface area contributed by atoms with Crippen LogP contribution >= 0.6 is 6.89 Å². The number of ketones is 1. The van der Waals surface area contributed by atoms with E-state index in [9.17, 15) is 9.59 Å². The number of methoxy groups -OCH3 is 1. The highest BCUT2D eigenvalue weighted by Crippen LogP contribution is 2.44. The zero-order valence-electron chi connectivity index (χ0n) is 19.2. The quantitative estimate of drug-likeness (QED) is 0.286. The number of carboxylic acid groups (broad SMARTS) is 1. The summed E-state index contributed by atoms with van der Waals surface area (Å²) in [5.41, 5.74) is 0.427. The number of benzene rings is 4. The highest BCUT2D eigenvalue weighted by molar-refractivity contribution is 7.95. The molecule has 4 aromatic rings. The molecule has 0 spiro atoms. The fourth-order valence-electron chi connectivity index (χ4n) is 3.99. The van der Waals surface area contributed by atoms with E-state index in [4.69, 9.17) is 14.6 Å². The van der Waals surface area contributed by atoms with Crippen molar-refractivity contribution in [3.05, 3.63) is 115 Å². The van der Waals surface area contributed by atoms with Gasteiger partial charge in [0.2, 0.25) is 0 Å². The van der Waals surface area contributed by atoms with Crippen molar-refractivity contribution in [1.82, 2.24) is 0 Å². The lowest BCUT2D eigenvalue weighted by Crippen LogP contribution is -2.28. The third-order valence-corrected chi connectivity index (χ3v) is 9.56. The third-order valence-electron chi connectivity index (χ3n) is 5.60. The molecular weight excluding hydrogens is 459 g/mol. The van der Waals surface area contributed by atoms with E-state index < -0.39 is 19.5 Å². The van der Waals surface area contributed by atoms with Crippen LogP contribution in [0.1, 0.15) is 10.4 Å². The molecule has 0 atom stereocenters. The van der Waals surface area contributed by atoms with Gasteiger partial charge in [0.05, 0.1) is 7.11 Å². The van der Waals surface area contributed by atoms with Crippen molar-refractivity contribution in [2.24, 2.45) is 0 Å². The van der Waals surface area contributed by atoms with Crippen LogP contribution in [0.5, 0.6) is 11.5 Å². The molecular formula is C29H25O5P. The zero-order valence-corrected chi connectivity index (χ0v) is 20.1. The van der Waals surface area contributed by atoms with E-state index in [1.807, 2.05) is 60.4 Å². The Morgan fingerprint density at radius 2 is 1.23 bits per heavy atom. The van der Waals surface area contributed by atoms with Gasteiger partial charge in [-0.15, -0.1) is 0 Å². The number of hydrogen-bond acceptors (Lipinski definition) is 4. The molecule has 0 aliphatic carbocycles. The molecule has 1 N–H and O–H groups in total. The molecule has 0 saturated carbocycles. The van der Waals surface area contributed by atoms with E-state index in [1.165, 1.54) is 7.11 Å². The molecule has 0 aliphatic rings.